The van der Waals surface area contributed by atoms with Crippen LogP contribution in [0.25, 0.3) is 0 Å². The Hall–Kier alpha value is -1.94. The molecule has 0 bridgehead atoms. The number of rotatable bonds is 7. The summed E-state index contributed by atoms with van der Waals surface area (Å²) < 4.78 is 11.2. The second-order valence-corrected chi connectivity index (χ2v) is 5.03. The minimum Gasteiger partial charge on any atom is -0.489 e. The molecule has 108 valence electrons. The molecule has 1 heterocycles. The average molecular weight is 274 g/mol. The maximum Gasteiger partial charge on any atom is 0.121 e. The van der Waals surface area contributed by atoms with Crippen LogP contribution in [0.2, 0.25) is 0 Å². The zero-order valence-corrected chi connectivity index (χ0v) is 12.3. The molecule has 0 amide bonds. The summed E-state index contributed by atoms with van der Waals surface area (Å²) in [5.41, 5.74) is 1.14. The Morgan fingerprint density at radius 2 is 2.10 bits per heavy atom. The second kappa shape index (κ2) is 7.01. The van der Waals surface area contributed by atoms with E-state index in [1.54, 1.807) is 6.26 Å². The van der Waals surface area contributed by atoms with Crippen molar-refractivity contribution in [1.82, 2.24) is 5.32 Å². The lowest BCUT2D eigenvalue weighted by atomic mass is 10.3. The van der Waals surface area contributed by atoms with Crippen molar-refractivity contribution in [2.45, 2.75) is 19.6 Å². The number of nitrogens with one attached hydrogen (secondary N) is 1. The van der Waals surface area contributed by atoms with Gasteiger partial charge in [-0.1, -0.05) is 6.07 Å². The van der Waals surface area contributed by atoms with Crippen molar-refractivity contribution in [3.8, 4) is 5.75 Å². The summed E-state index contributed by atoms with van der Waals surface area (Å²) >= 11 is 0. The van der Waals surface area contributed by atoms with Gasteiger partial charge in [-0.25, -0.2) is 0 Å². The van der Waals surface area contributed by atoms with E-state index in [1.165, 1.54) is 0 Å². The molecule has 1 unspecified atom stereocenters. The van der Waals surface area contributed by atoms with Crippen LogP contribution in [0, 0.1) is 0 Å². The van der Waals surface area contributed by atoms with Crippen molar-refractivity contribution < 1.29 is 9.15 Å². The van der Waals surface area contributed by atoms with Gasteiger partial charge in [0.1, 0.15) is 17.6 Å². The largest absolute Gasteiger partial charge is 0.489 e. The summed E-state index contributed by atoms with van der Waals surface area (Å²) in [4.78, 5) is 2.06. The van der Waals surface area contributed by atoms with Crippen molar-refractivity contribution in [3.05, 3.63) is 48.4 Å². The Kier molecular flexibility index (Phi) is 5.07. The first-order chi connectivity index (χ1) is 9.65. The number of nitrogens with zero attached hydrogens (tertiary/aromatic N) is 1. The highest BCUT2D eigenvalue weighted by Crippen LogP contribution is 2.20. The van der Waals surface area contributed by atoms with Gasteiger partial charge >= 0.3 is 0 Å². The van der Waals surface area contributed by atoms with Crippen LogP contribution < -0.4 is 15.0 Å². The van der Waals surface area contributed by atoms with Gasteiger partial charge in [0, 0.05) is 32.4 Å². The number of benzene rings is 1. The summed E-state index contributed by atoms with van der Waals surface area (Å²) in [5, 5.41) is 3.32. The molecular formula is C16H22N2O2. The highest BCUT2D eigenvalue weighted by molar-refractivity contribution is 5.49. The van der Waals surface area contributed by atoms with Crippen molar-refractivity contribution in [2.75, 3.05) is 25.5 Å². The highest BCUT2D eigenvalue weighted by atomic mass is 16.5. The Morgan fingerprint density at radius 3 is 2.80 bits per heavy atom. The van der Waals surface area contributed by atoms with Crippen LogP contribution in [0.4, 0.5) is 5.69 Å². The third-order valence-corrected chi connectivity index (χ3v) is 2.98. The molecule has 0 saturated heterocycles. The molecule has 4 heteroatoms. The van der Waals surface area contributed by atoms with Gasteiger partial charge < -0.3 is 19.4 Å². The molecule has 0 radical (unpaired) electrons. The Labute approximate surface area is 120 Å². The van der Waals surface area contributed by atoms with E-state index in [0.29, 0.717) is 0 Å². The summed E-state index contributed by atoms with van der Waals surface area (Å²) in [5.74, 6) is 1.83. The van der Waals surface area contributed by atoms with Crippen LogP contribution in [0.1, 0.15) is 12.7 Å². The average Bonchev–Trinajstić information content (AvgIpc) is 2.92. The van der Waals surface area contributed by atoms with E-state index >= 15 is 0 Å². The second-order valence-electron chi connectivity index (χ2n) is 5.03. The summed E-state index contributed by atoms with van der Waals surface area (Å²) in [6.45, 7) is 3.54. The Balaban J connectivity index is 1.79. The fourth-order valence-corrected chi connectivity index (χ4v) is 1.92. The monoisotopic (exact) mass is 274 g/mol. The molecule has 0 aliphatic heterocycles. The van der Waals surface area contributed by atoms with Crippen LogP contribution in [-0.4, -0.2) is 26.7 Å². The summed E-state index contributed by atoms with van der Waals surface area (Å²) in [6, 6.07) is 11.9. The van der Waals surface area contributed by atoms with Crippen LogP contribution >= 0.6 is 0 Å². The molecule has 1 atom stereocenters. The molecule has 0 aliphatic rings. The molecule has 1 N–H and O–H groups in total. The molecule has 2 rings (SSSR count). The predicted molar refractivity (Wildman–Crippen MR) is 81.3 cm³/mol. The van der Waals surface area contributed by atoms with Crippen LogP contribution in [-0.2, 0) is 6.54 Å². The van der Waals surface area contributed by atoms with Crippen LogP contribution in [0.15, 0.2) is 47.1 Å². The molecule has 0 fully saturated rings. The summed E-state index contributed by atoms with van der Waals surface area (Å²) in [6.07, 6.45) is 1.78. The lowest BCUT2D eigenvalue weighted by Gasteiger charge is -2.18. The molecule has 4 nitrogen and oxygen atoms in total. The minimum absolute atomic E-state index is 0.0994. The maximum absolute atomic E-state index is 5.90. The third kappa shape index (κ3) is 4.31. The third-order valence-electron chi connectivity index (χ3n) is 2.98. The first-order valence-corrected chi connectivity index (χ1v) is 6.82. The number of hydrogen-bond donors (Lipinski definition) is 1. The molecule has 1 aromatic carbocycles. The lowest BCUT2D eigenvalue weighted by Crippen LogP contribution is -2.28. The quantitative estimate of drug-likeness (QED) is 0.842. The standard InChI is InChI=1S/C16H22N2O2/c1-13(11-17-12-16-8-5-9-19-16)20-15-7-4-6-14(10-15)18(2)3/h4-10,13,17H,11-12H2,1-3H3. The molecular weight excluding hydrogens is 252 g/mol. The van der Waals surface area contributed by atoms with Gasteiger partial charge in [-0.15, -0.1) is 0 Å². The zero-order valence-electron chi connectivity index (χ0n) is 12.3. The van der Waals surface area contributed by atoms with Gasteiger partial charge in [0.05, 0.1) is 12.8 Å². The molecule has 0 spiro atoms. The van der Waals surface area contributed by atoms with E-state index < -0.39 is 0 Å². The van der Waals surface area contributed by atoms with E-state index in [1.807, 2.05) is 44.4 Å². The highest BCUT2D eigenvalue weighted by Gasteiger charge is 2.05. The summed E-state index contributed by atoms with van der Waals surface area (Å²) in [7, 11) is 4.04. The molecule has 0 aliphatic carbocycles. The SMILES string of the molecule is CC(CNCc1ccco1)Oc1cccc(N(C)C)c1. The van der Waals surface area contributed by atoms with Gasteiger partial charge in [0.2, 0.25) is 0 Å². The molecule has 1 aromatic heterocycles. The maximum atomic E-state index is 5.90. The normalized spacial score (nSPS) is 12.2. The lowest BCUT2D eigenvalue weighted by molar-refractivity contribution is 0.215. The number of anilines is 1. The number of furan rings is 1. The van der Waals surface area contributed by atoms with E-state index in [-0.39, 0.29) is 6.10 Å². The van der Waals surface area contributed by atoms with Crippen LogP contribution in [0.3, 0.4) is 0 Å². The first-order valence-electron chi connectivity index (χ1n) is 6.82. The van der Waals surface area contributed by atoms with E-state index in [0.717, 1.165) is 30.3 Å². The molecule has 2 aromatic rings. The van der Waals surface area contributed by atoms with Crippen LogP contribution in [0.5, 0.6) is 5.75 Å². The number of ether oxygens (including phenoxy) is 1. The van der Waals surface area contributed by atoms with Crippen molar-refractivity contribution in [1.29, 1.82) is 0 Å². The number of hydrogen-bond acceptors (Lipinski definition) is 4. The fourth-order valence-electron chi connectivity index (χ4n) is 1.92. The molecule has 0 saturated carbocycles. The zero-order chi connectivity index (χ0) is 14.4. The Morgan fingerprint density at radius 1 is 1.25 bits per heavy atom. The fraction of sp³-hybridized carbons (Fsp3) is 0.375. The first kappa shape index (κ1) is 14.5. The van der Waals surface area contributed by atoms with Crippen molar-refractivity contribution in [3.63, 3.8) is 0 Å². The van der Waals surface area contributed by atoms with E-state index in [2.05, 4.69) is 23.2 Å². The Bertz CT molecular complexity index is 509. The van der Waals surface area contributed by atoms with Gasteiger partial charge in [-0.2, -0.15) is 0 Å². The topological polar surface area (TPSA) is 37.6 Å². The minimum atomic E-state index is 0.0994. The van der Waals surface area contributed by atoms with E-state index in [4.69, 9.17) is 9.15 Å². The predicted octanol–water partition coefficient (Wildman–Crippen LogP) is 2.90. The van der Waals surface area contributed by atoms with Crippen molar-refractivity contribution >= 4 is 5.69 Å². The van der Waals surface area contributed by atoms with E-state index in [9.17, 15) is 0 Å². The van der Waals surface area contributed by atoms with Crippen molar-refractivity contribution in [2.24, 2.45) is 0 Å². The molecule has 20 heavy (non-hydrogen) atoms. The van der Waals surface area contributed by atoms with Gasteiger partial charge in [0.15, 0.2) is 0 Å². The van der Waals surface area contributed by atoms with Gasteiger partial charge in [-0.05, 0) is 31.2 Å². The smallest absolute Gasteiger partial charge is 0.121 e. The van der Waals surface area contributed by atoms with Gasteiger partial charge in [0.25, 0.3) is 0 Å². The van der Waals surface area contributed by atoms with Gasteiger partial charge in [-0.3, -0.25) is 0 Å².